The van der Waals surface area contributed by atoms with E-state index in [9.17, 15) is 14.9 Å². The summed E-state index contributed by atoms with van der Waals surface area (Å²) in [7, 11) is 0. The van der Waals surface area contributed by atoms with Gasteiger partial charge in [0.1, 0.15) is 0 Å². The van der Waals surface area contributed by atoms with Crippen LogP contribution < -0.4 is 5.32 Å². The Labute approximate surface area is 123 Å². The van der Waals surface area contributed by atoms with Gasteiger partial charge in [-0.3, -0.25) is 10.1 Å². The molecule has 0 bridgehead atoms. The van der Waals surface area contributed by atoms with Crippen molar-refractivity contribution in [3.8, 4) is 0 Å². The lowest BCUT2D eigenvalue weighted by Crippen LogP contribution is -2.47. The number of amides is 2. The van der Waals surface area contributed by atoms with E-state index in [-0.39, 0.29) is 17.8 Å². The van der Waals surface area contributed by atoms with Crippen LogP contribution in [0.3, 0.4) is 0 Å². The van der Waals surface area contributed by atoms with E-state index in [2.05, 4.69) is 5.32 Å². The van der Waals surface area contributed by atoms with Gasteiger partial charge >= 0.3 is 6.03 Å². The minimum Gasteiger partial charge on any atom is -0.375 e. The highest BCUT2D eigenvalue weighted by molar-refractivity contribution is 5.90. The molecule has 1 heterocycles. The molecule has 0 aliphatic carbocycles. The van der Waals surface area contributed by atoms with E-state index in [4.69, 9.17) is 4.74 Å². The maximum absolute atomic E-state index is 12.3. The Kier molecular flexibility index (Phi) is 4.74. The number of carbonyl (C=O) groups is 1. The molecule has 7 nitrogen and oxygen atoms in total. The van der Waals surface area contributed by atoms with Gasteiger partial charge in [0.25, 0.3) is 5.69 Å². The van der Waals surface area contributed by atoms with Crippen molar-refractivity contribution in [2.24, 2.45) is 0 Å². The molecule has 0 unspecified atom stereocenters. The fourth-order valence-corrected chi connectivity index (χ4v) is 2.30. The second-order valence-corrected chi connectivity index (χ2v) is 4.98. The first kappa shape index (κ1) is 15.2. The van der Waals surface area contributed by atoms with Crippen LogP contribution >= 0.6 is 0 Å². The predicted octanol–water partition coefficient (Wildman–Crippen LogP) is 2.55. The van der Waals surface area contributed by atoms with Gasteiger partial charge in [-0.2, -0.15) is 0 Å². The van der Waals surface area contributed by atoms with Crippen molar-refractivity contribution in [2.75, 3.05) is 25.0 Å². The molecule has 0 aromatic heterocycles. The summed E-state index contributed by atoms with van der Waals surface area (Å²) in [4.78, 5) is 24.4. The van der Waals surface area contributed by atoms with Crippen molar-refractivity contribution in [1.82, 2.24) is 4.90 Å². The number of nitro groups is 1. The first-order valence-electron chi connectivity index (χ1n) is 6.94. The number of carbonyl (C=O) groups excluding carboxylic acids is 1. The zero-order valence-electron chi connectivity index (χ0n) is 12.2. The average molecular weight is 293 g/mol. The number of benzene rings is 1. The third kappa shape index (κ3) is 3.49. The molecule has 7 heteroatoms. The number of hydrogen-bond donors (Lipinski definition) is 1. The molecule has 0 spiro atoms. The molecule has 2 rings (SSSR count). The Morgan fingerprint density at radius 3 is 3.00 bits per heavy atom. The molecule has 21 heavy (non-hydrogen) atoms. The van der Waals surface area contributed by atoms with Crippen molar-refractivity contribution in [2.45, 2.75) is 26.4 Å². The second-order valence-electron chi connectivity index (χ2n) is 4.98. The second kappa shape index (κ2) is 6.53. The van der Waals surface area contributed by atoms with Gasteiger partial charge in [-0.05, 0) is 19.4 Å². The summed E-state index contributed by atoms with van der Waals surface area (Å²) >= 11 is 0. The third-order valence-corrected chi connectivity index (χ3v) is 3.62. The van der Waals surface area contributed by atoms with E-state index in [1.54, 1.807) is 24.0 Å². The summed E-state index contributed by atoms with van der Waals surface area (Å²) in [6.45, 7) is 5.21. The summed E-state index contributed by atoms with van der Waals surface area (Å²) < 4.78 is 5.52. The first-order chi connectivity index (χ1) is 10.0. The number of nitro benzene ring substituents is 1. The number of urea groups is 1. The maximum Gasteiger partial charge on any atom is 0.322 e. The van der Waals surface area contributed by atoms with Crippen LogP contribution in [-0.2, 0) is 4.74 Å². The number of ether oxygens (including phenoxy) is 1. The molecule has 114 valence electrons. The molecule has 1 aromatic carbocycles. The lowest BCUT2D eigenvalue weighted by atomic mass is 10.1. The molecule has 1 fully saturated rings. The molecular weight excluding hydrogens is 274 g/mol. The first-order valence-corrected chi connectivity index (χ1v) is 6.94. The van der Waals surface area contributed by atoms with Crippen LogP contribution in [0.1, 0.15) is 18.9 Å². The number of anilines is 1. The highest BCUT2D eigenvalue weighted by Crippen LogP contribution is 2.25. The number of morpholine rings is 1. The standard InChI is InChI=1S/C14H19N3O4/c1-3-11-9-16(7-8-21-11)14(18)15-12-5-4-6-13(10(12)2)17(19)20/h4-6,11H,3,7-9H2,1-2H3,(H,15,18)/t11-/m1/s1. The maximum atomic E-state index is 12.3. The van der Waals surface area contributed by atoms with E-state index in [1.165, 1.54) is 6.07 Å². The van der Waals surface area contributed by atoms with E-state index < -0.39 is 4.92 Å². The van der Waals surface area contributed by atoms with E-state index in [0.29, 0.717) is 30.9 Å². The Balaban J connectivity index is 2.09. The van der Waals surface area contributed by atoms with Crippen LogP contribution in [0.4, 0.5) is 16.2 Å². The fourth-order valence-electron chi connectivity index (χ4n) is 2.30. The number of hydrogen-bond acceptors (Lipinski definition) is 4. The summed E-state index contributed by atoms with van der Waals surface area (Å²) in [6.07, 6.45) is 0.898. The number of rotatable bonds is 3. The van der Waals surface area contributed by atoms with Crippen LogP contribution in [0.5, 0.6) is 0 Å². The van der Waals surface area contributed by atoms with Crippen molar-refractivity contribution in [3.63, 3.8) is 0 Å². The summed E-state index contributed by atoms with van der Waals surface area (Å²) in [5, 5.41) is 13.7. The highest BCUT2D eigenvalue weighted by atomic mass is 16.6. The van der Waals surface area contributed by atoms with Gasteiger partial charge in [-0.15, -0.1) is 0 Å². The monoisotopic (exact) mass is 293 g/mol. The Hall–Kier alpha value is -2.15. The van der Waals surface area contributed by atoms with Crippen LogP contribution in [-0.4, -0.2) is 41.7 Å². The van der Waals surface area contributed by atoms with Gasteiger partial charge in [0.15, 0.2) is 0 Å². The molecule has 1 N–H and O–H groups in total. The average Bonchev–Trinajstić information content (AvgIpc) is 2.49. The van der Waals surface area contributed by atoms with Gasteiger partial charge in [0.2, 0.25) is 0 Å². The van der Waals surface area contributed by atoms with Gasteiger partial charge < -0.3 is 15.0 Å². The molecular formula is C14H19N3O4. The zero-order valence-corrected chi connectivity index (χ0v) is 12.2. The van der Waals surface area contributed by atoms with Crippen LogP contribution in [0.2, 0.25) is 0 Å². The molecule has 0 radical (unpaired) electrons. The molecule has 2 amide bonds. The van der Waals surface area contributed by atoms with Crippen molar-refractivity contribution >= 4 is 17.4 Å². The Morgan fingerprint density at radius 2 is 2.33 bits per heavy atom. The minimum absolute atomic E-state index is 0.00112. The molecule has 1 aliphatic heterocycles. The van der Waals surface area contributed by atoms with Crippen LogP contribution in [0.15, 0.2) is 18.2 Å². The molecule has 0 saturated carbocycles. The van der Waals surface area contributed by atoms with Crippen molar-refractivity contribution in [1.29, 1.82) is 0 Å². The Morgan fingerprint density at radius 1 is 1.57 bits per heavy atom. The largest absolute Gasteiger partial charge is 0.375 e. The smallest absolute Gasteiger partial charge is 0.322 e. The molecule has 1 aliphatic rings. The topological polar surface area (TPSA) is 84.7 Å². The van der Waals surface area contributed by atoms with Crippen molar-refractivity contribution in [3.05, 3.63) is 33.9 Å². The van der Waals surface area contributed by atoms with Gasteiger partial charge in [-0.1, -0.05) is 13.0 Å². The summed E-state index contributed by atoms with van der Waals surface area (Å²) in [5.74, 6) is 0. The number of nitrogens with one attached hydrogen (secondary N) is 1. The summed E-state index contributed by atoms with van der Waals surface area (Å²) in [6, 6.07) is 4.40. The Bertz CT molecular complexity index is 547. The van der Waals surface area contributed by atoms with E-state index in [0.717, 1.165) is 6.42 Å². The van der Waals surface area contributed by atoms with Gasteiger partial charge in [0, 0.05) is 19.2 Å². The van der Waals surface area contributed by atoms with E-state index in [1.807, 2.05) is 6.92 Å². The fraction of sp³-hybridized carbons (Fsp3) is 0.500. The van der Waals surface area contributed by atoms with Crippen LogP contribution in [0, 0.1) is 17.0 Å². The van der Waals surface area contributed by atoms with Crippen LogP contribution in [0.25, 0.3) is 0 Å². The third-order valence-electron chi connectivity index (χ3n) is 3.62. The zero-order chi connectivity index (χ0) is 15.4. The highest BCUT2D eigenvalue weighted by Gasteiger charge is 2.24. The summed E-state index contributed by atoms with van der Waals surface area (Å²) in [5.41, 5.74) is 0.922. The number of nitrogens with zero attached hydrogens (tertiary/aromatic N) is 2. The molecule has 1 atom stereocenters. The van der Waals surface area contributed by atoms with Crippen molar-refractivity contribution < 1.29 is 14.5 Å². The minimum atomic E-state index is -0.452. The normalized spacial score (nSPS) is 18.4. The quantitative estimate of drug-likeness (QED) is 0.685. The lowest BCUT2D eigenvalue weighted by Gasteiger charge is -2.32. The molecule has 1 saturated heterocycles. The lowest BCUT2D eigenvalue weighted by molar-refractivity contribution is -0.385. The molecule has 1 aromatic rings. The predicted molar refractivity (Wildman–Crippen MR) is 78.5 cm³/mol. The van der Waals surface area contributed by atoms with Gasteiger partial charge in [0.05, 0.1) is 28.9 Å². The SMILES string of the molecule is CC[C@@H]1CN(C(=O)Nc2cccc([N+](=O)[O-])c2C)CCO1. The van der Waals surface area contributed by atoms with E-state index >= 15 is 0 Å². The van der Waals surface area contributed by atoms with Gasteiger partial charge in [-0.25, -0.2) is 4.79 Å².